The Hall–Kier alpha value is -4.40. The maximum Gasteiger partial charge on any atom is 0.335 e. The molecule has 2 rings (SSSR count). The lowest BCUT2D eigenvalue weighted by molar-refractivity contribution is 0.0696. The second-order valence-electron chi connectivity index (χ2n) is 12.1. The molecule has 0 heterocycles. The van der Waals surface area contributed by atoms with E-state index in [-0.39, 0.29) is 42.6 Å². The van der Waals surface area contributed by atoms with E-state index in [0.29, 0.717) is 34.5 Å². The number of aldehydes is 1. The fraction of sp³-hybridized carbons (Fsp3) is 0.382. The van der Waals surface area contributed by atoms with Gasteiger partial charge in [-0.05, 0) is 88.1 Å². The van der Waals surface area contributed by atoms with Crippen LogP contribution in [0.25, 0.3) is 0 Å². The van der Waals surface area contributed by atoms with Gasteiger partial charge in [0.05, 0.1) is 22.8 Å². The van der Waals surface area contributed by atoms with Crippen molar-refractivity contribution in [3.63, 3.8) is 0 Å². The first-order chi connectivity index (χ1) is 24.5. The summed E-state index contributed by atoms with van der Waals surface area (Å²) >= 11 is 0. The number of rotatable bonds is 21. The SMILES string of the molecule is C\C(=C/C=C/C=C/C(C)N(CCCS(=O)(=O)O)c1cc(C(=O)NCCS(=O)(=O)O)cc(C=O)c1C)N(CCCS(=O)(=O)O)c1ccc(C(=O)O)cc1C. The summed E-state index contributed by atoms with van der Waals surface area (Å²) in [6.07, 6.45) is 9.18. The molecule has 53 heavy (non-hydrogen) atoms. The van der Waals surface area contributed by atoms with Crippen LogP contribution in [0.4, 0.5) is 11.4 Å². The van der Waals surface area contributed by atoms with Crippen LogP contribution in [0.5, 0.6) is 0 Å². The van der Waals surface area contributed by atoms with Gasteiger partial charge in [0, 0.05) is 53.9 Å². The van der Waals surface area contributed by atoms with E-state index in [4.69, 9.17) is 4.55 Å². The van der Waals surface area contributed by atoms with Gasteiger partial charge in [0.2, 0.25) is 0 Å². The zero-order valence-corrected chi connectivity index (χ0v) is 32.1. The lowest BCUT2D eigenvalue weighted by Crippen LogP contribution is -2.35. The van der Waals surface area contributed by atoms with Crippen molar-refractivity contribution in [2.75, 3.05) is 46.7 Å². The lowest BCUT2D eigenvalue weighted by Gasteiger charge is -2.32. The number of nitrogens with zero attached hydrogens (tertiary/aromatic N) is 2. The molecule has 0 aliphatic carbocycles. The minimum Gasteiger partial charge on any atom is -0.478 e. The summed E-state index contributed by atoms with van der Waals surface area (Å²) in [6.45, 7) is 6.76. The van der Waals surface area contributed by atoms with E-state index >= 15 is 0 Å². The second kappa shape index (κ2) is 19.6. The number of carboxylic acid groups (broad SMARTS) is 1. The van der Waals surface area contributed by atoms with Crippen LogP contribution in [-0.2, 0) is 30.4 Å². The van der Waals surface area contributed by atoms with Gasteiger partial charge in [0.25, 0.3) is 36.3 Å². The van der Waals surface area contributed by atoms with Crippen molar-refractivity contribution in [1.82, 2.24) is 5.32 Å². The standard InChI is InChI=1S/C34H45N3O13S3/c1-24-20-28(34(40)41)12-13-31(24)36(15-8-17-51(42,43)44)25(2)10-6-5-7-11-26(3)37(16-9-18-52(45,46)47)32-22-29(21-30(23-38)27(32)4)33(39)35-14-19-53(48,49)50/h5-7,10-13,20-23,26H,8-9,14-19H2,1-4H3,(H,35,39)(H,40,41)(H,42,43,44)(H,45,46,47)(H,48,49,50)/b6-5+,11-7+,25-10+. The van der Waals surface area contributed by atoms with Crippen LogP contribution in [0, 0.1) is 13.8 Å². The number of carboxylic acids is 1. The van der Waals surface area contributed by atoms with E-state index in [1.54, 1.807) is 73.9 Å². The monoisotopic (exact) mass is 799 g/mol. The largest absolute Gasteiger partial charge is 0.478 e. The molecule has 2 aromatic rings. The van der Waals surface area contributed by atoms with Gasteiger partial charge < -0.3 is 20.2 Å². The fourth-order valence-corrected chi connectivity index (χ4v) is 6.64. The van der Waals surface area contributed by atoms with Crippen LogP contribution < -0.4 is 15.1 Å². The van der Waals surface area contributed by atoms with Crippen molar-refractivity contribution in [2.45, 2.75) is 46.6 Å². The minimum absolute atomic E-state index is 0.00786. The Bertz CT molecular complexity index is 2080. The van der Waals surface area contributed by atoms with E-state index in [9.17, 15) is 53.8 Å². The van der Waals surface area contributed by atoms with Crippen molar-refractivity contribution < 1.29 is 58.4 Å². The van der Waals surface area contributed by atoms with Crippen molar-refractivity contribution in [3.05, 3.63) is 94.2 Å². The number of anilines is 2. The molecule has 2 aromatic carbocycles. The van der Waals surface area contributed by atoms with Gasteiger partial charge in [-0.3, -0.25) is 23.2 Å². The molecule has 292 valence electrons. The summed E-state index contributed by atoms with van der Waals surface area (Å²) in [5.41, 5.74) is 3.03. The third kappa shape index (κ3) is 15.6. The highest BCUT2D eigenvalue weighted by atomic mass is 32.2. The Kier molecular flexibility index (Phi) is 16.6. The van der Waals surface area contributed by atoms with Crippen molar-refractivity contribution in [3.8, 4) is 0 Å². The number of aromatic carboxylic acids is 1. The van der Waals surface area contributed by atoms with Gasteiger partial charge in [-0.1, -0.05) is 24.3 Å². The minimum atomic E-state index is -4.34. The molecule has 0 aliphatic rings. The first-order valence-electron chi connectivity index (χ1n) is 16.2. The number of amides is 1. The van der Waals surface area contributed by atoms with E-state index < -0.39 is 72.1 Å². The maximum absolute atomic E-state index is 12.9. The van der Waals surface area contributed by atoms with E-state index in [2.05, 4.69) is 5.32 Å². The van der Waals surface area contributed by atoms with Crippen molar-refractivity contribution in [1.29, 1.82) is 0 Å². The quantitative estimate of drug-likeness (QED) is 0.0686. The molecule has 1 unspecified atom stereocenters. The lowest BCUT2D eigenvalue weighted by atomic mass is 10.0. The summed E-state index contributed by atoms with van der Waals surface area (Å²) < 4.78 is 95.3. The van der Waals surface area contributed by atoms with Gasteiger partial charge in [0.1, 0.15) is 6.29 Å². The normalized spacial score (nSPS) is 13.3. The Morgan fingerprint density at radius 3 is 1.96 bits per heavy atom. The van der Waals surface area contributed by atoms with Crippen molar-refractivity contribution >= 4 is 59.9 Å². The zero-order valence-electron chi connectivity index (χ0n) is 29.7. The summed E-state index contributed by atoms with van der Waals surface area (Å²) in [7, 11) is -12.9. The van der Waals surface area contributed by atoms with Crippen LogP contribution >= 0.6 is 0 Å². The zero-order chi connectivity index (χ0) is 40.1. The molecule has 0 spiro atoms. The summed E-state index contributed by atoms with van der Waals surface area (Å²) in [5.74, 6) is -3.58. The van der Waals surface area contributed by atoms with E-state index in [1.807, 2.05) is 0 Å². The number of nitrogens with one attached hydrogen (secondary N) is 1. The number of benzene rings is 2. The number of hydrogen-bond acceptors (Lipinski definition) is 11. The average Bonchev–Trinajstić information content (AvgIpc) is 3.03. The molecule has 0 bridgehead atoms. The van der Waals surface area contributed by atoms with Gasteiger partial charge in [-0.15, -0.1) is 0 Å². The predicted molar refractivity (Wildman–Crippen MR) is 202 cm³/mol. The number of allylic oxidation sites excluding steroid dienone is 5. The molecule has 0 radical (unpaired) electrons. The molecule has 1 atom stereocenters. The predicted octanol–water partition coefficient (Wildman–Crippen LogP) is 3.71. The van der Waals surface area contributed by atoms with Crippen LogP contribution in [0.1, 0.15) is 68.9 Å². The van der Waals surface area contributed by atoms with Crippen LogP contribution in [0.15, 0.2) is 66.4 Å². The molecular weight excluding hydrogens is 755 g/mol. The van der Waals surface area contributed by atoms with Gasteiger partial charge in [0.15, 0.2) is 0 Å². The molecule has 19 heteroatoms. The fourth-order valence-electron chi connectivity index (χ4n) is 5.29. The Labute approximate surface area is 310 Å². The summed E-state index contributed by atoms with van der Waals surface area (Å²) in [5, 5.41) is 11.7. The third-order valence-electron chi connectivity index (χ3n) is 7.95. The maximum atomic E-state index is 12.9. The summed E-state index contributed by atoms with van der Waals surface area (Å²) in [4.78, 5) is 39.8. The first kappa shape index (κ1) is 44.8. The number of carbonyl (C=O) groups excluding carboxylic acids is 2. The first-order valence-corrected chi connectivity index (χ1v) is 21.0. The molecule has 5 N–H and O–H groups in total. The van der Waals surface area contributed by atoms with Crippen LogP contribution in [0.2, 0.25) is 0 Å². The Morgan fingerprint density at radius 1 is 0.811 bits per heavy atom. The molecule has 0 aromatic heterocycles. The number of hydrogen-bond donors (Lipinski definition) is 5. The van der Waals surface area contributed by atoms with E-state index in [1.165, 1.54) is 24.3 Å². The highest BCUT2D eigenvalue weighted by Gasteiger charge is 2.21. The Morgan fingerprint density at radius 2 is 1.42 bits per heavy atom. The van der Waals surface area contributed by atoms with Crippen molar-refractivity contribution in [2.24, 2.45) is 0 Å². The molecular formula is C34H45N3O13S3. The average molecular weight is 800 g/mol. The highest BCUT2D eigenvalue weighted by Crippen LogP contribution is 2.28. The molecule has 0 aliphatic heterocycles. The third-order valence-corrected chi connectivity index (χ3v) is 10.3. The van der Waals surface area contributed by atoms with Crippen LogP contribution in [-0.4, -0.2) is 105 Å². The molecule has 1 amide bonds. The molecule has 16 nitrogen and oxygen atoms in total. The Balaban J connectivity index is 2.43. The van der Waals surface area contributed by atoms with Gasteiger partial charge >= 0.3 is 5.97 Å². The smallest absolute Gasteiger partial charge is 0.335 e. The van der Waals surface area contributed by atoms with Gasteiger partial charge in [-0.2, -0.15) is 25.3 Å². The molecule has 0 saturated carbocycles. The summed E-state index contributed by atoms with van der Waals surface area (Å²) in [6, 6.07) is 6.84. The van der Waals surface area contributed by atoms with Gasteiger partial charge in [-0.25, -0.2) is 4.79 Å². The highest BCUT2D eigenvalue weighted by molar-refractivity contribution is 7.86. The molecule has 0 fully saturated rings. The number of aryl methyl sites for hydroxylation is 1. The second-order valence-corrected chi connectivity index (χ2v) is 16.8. The number of carbonyl (C=O) groups is 3. The van der Waals surface area contributed by atoms with Crippen LogP contribution in [0.3, 0.4) is 0 Å². The topological polar surface area (TPSA) is 253 Å². The molecule has 0 saturated heterocycles. The van der Waals surface area contributed by atoms with E-state index in [0.717, 1.165) is 0 Å².